The normalized spacial score (nSPS) is 18.6. The molecule has 2 saturated heterocycles. The summed E-state index contributed by atoms with van der Waals surface area (Å²) in [6.45, 7) is 1.10. The van der Waals surface area contributed by atoms with Gasteiger partial charge in [0.15, 0.2) is 0 Å². The Balaban J connectivity index is 1.34. The molecule has 190 valence electrons. The van der Waals surface area contributed by atoms with Crippen molar-refractivity contribution in [2.45, 2.75) is 31.2 Å². The predicted molar refractivity (Wildman–Crippen MR) is 135 cm³/mol. The number of piperidine rings is 1. The van der Waals surface area contributed by atoms with Gasteiger partial charge in [0.05, 0.1) is 6.61 Å². The van der Waals surface area contributed by atoms with Gasteiger partial charge in [-0.25, -0.2) is 4.39 Å². The van der Waals surface area contributed by atoms with Crippen LogP contribution >= 0.6 is 0 Å². The van der Waals surface area contributed by atoms with Crippen LogP contribution in [0.4, 0.5) is 4.39 Å². The number of benzene rings is 3. The second kappa shape index (κ2) is 10.5. The molecular weight excluding hydrogens is 473 g/mol. The number of carbonyl (C=O) groups excluding carboxylic acids is 3. The van der Waals surface area contributed by atoms with Crippen LogP contribution in [0.1, 0.15) is 39.1 Å². The van der Waals surface area contributed by atoms with E-state index in [0.29, 0.717) is 43.6 Å². The average Bonchev–Trinajstić information content (AvgIpc) is 3.31. The zero-order chi connectivity index (χ0) is 25.8. The van der Waals surface area contributed by atoms with Crippen LogP contribution in [-0.2, 0) is 16.1 Å². The monoisotopic (exact) mass is 501 g/mol. The molecule has 2 fully saturated rings. The number of ether oxygens (including phenoxy) is 1. The van der Waals surface area contributed by atoms with E-state index in [4.69, 9.17) is 4.74 Å². The van der Waals surface area contributed by atoms with E-state index in [1.165, 1.54) is 24.3 Å². The van der Waals surface area contributed by atoms with E-state index in [1.54, 1.807) is 34.1 Å². The van der Waals surface area contributed by atoms with Gasteiger partial charge in [0, 0.05) is 43.6 Å². The highest BCUT2D eigenvalue weighted by Crippen LogP contribution is 2.38. The third-order valence-corrected chi connectivity index (χ3v) is 7.04. The maximum atomic E-state index is 13.7. The molecule has 3 amide bonds. The van der Waals surface area contributed by atoms with E-state index in [9.17, 15) is 18.8 Å². The van der Waals surface area contributed by atoms with Gasteiger partial charge in [-0.15, -0.1) is 0 Å². The van der Waals surface area contributed by atoms with E-state index < -0.39 is 17.6 Å². The number of halogens is 1. The van der Waals surface area contributed by atoms with Crippen molar-refractivity contribution in [1.82, 2.24) is 15.1 Å². The van der Waals surface area contributed by atoms with Crippen LogP contribution in [0.2, 0.25) is 0 Å². The van der Waals surface area contributed by atoms with E-state index in [0.717, 1.165) is 5.56 Å². The molecule has 3 aromatic rings. The summed E-state index contributed by atoms with van der Waals surface area (Å²) in [4.78, 5) is 43.2. The molecule has 1 N–H and O–H groups in total. The van der Waals surface area contributed by atoms with E-state index in [1.807, 2.05) is 36.4 Å². The summed E-state index contributed by atoms with van der Waals surface area (Å²) in [5.41, 5.74) is 0.831. The van der Waals surface area contributed by atoms with Gasteiger partial charge < -0.3 is 15.0 Å². The first-order chi connectivity index (χ1) is 18.0. The fraction of sp³-hybridized carbons (Fsp3) is 0.276. The number of hydrogen-bond donors (Lipinski definition) is 1. The molecule has 2 aliphatic heterocycles. The second-order valence-corrected chi connectivity index (χ2v) is 9.32. The molecule has 0 unspecified atom stereocenters. The van der Waals surface area contributed by atoms with Gasteiger partial charge in [-0.1, -0.05) is 48.5 Å². The molecule has 7 nitrogen and oxygen atoms in total. The summed E-state index contributed by atoms with van der Waals surface area (Å²) in [5.74, 6) is -1.17. The van der Waals surface area contributed by atoms with Crippen LogP contribution in [0.25, 0.3) is 0 Å². The first kappa shape index (κ1) is 24.6. The second-order valence-electron chi connectivity index (χ2n) is 9.32. The van der Waals surface area contributed by atoms with Gasteiger partial charge in [-0.05, 0) is 42.0 Å². The molecule has 0 bridgehead atoms. The standard InChI is InChI=1S/C29H28FN3O4/c30-24-13-11-23(12-14-24)27(35)32-17-15-29(16-18-32)33(28(36)22-9-5-2-6-10-22)25(20-37-29)26(34)31-19-21-7-3-1-4-8-21/h1-14,25H,15-20H2,(H,31,34)/t25-/m1/s1. The van der Waals surface area contributed by atoms with E-state index >= 15 is 0 Å². The van der Waals surface area contributed by atoms with E-state index in [-0.39, 0.29) is 24.3 Å². The maximum Gasteiger partial charge on any atom is 0.256 e. The van der Waals surface area contributed by atoms with Crippen LogP contribution < -0.4 is 5.32 Å². The Morgan fingerprint density at radius 1 is 0.838 bits per heavy atom. The molecule has 1 atom stereocenters. The van der Waals surface area contributed by atoms with Gasteiger partial charge in [0.1, 0.15) is 17.6 Å². The van der Waals surface area contributed by atoms with Gasteiger partial charge in [-0.3, -0.25) is 19.3 Å². The summed E-state index contributed by atoms with van der Waals surface area (Å²) < 4.78 is 19.5. The Labute approximate surface area is 214 Å². The molecule has 2 aliphatic rings. The van der Waals surface area contributed by atoms with Crippen molar-refractivity contribution in [3.8, 4) is 0 Å². The number of carbonyl (C=O) groups is 3. The van der Waals surface area contributed by atoms with Crippen LogP contribution in [0.15, 0.2) is 84.9 Å². The summed E-state index contributed by atoms with van der Waals surface area (Å²) in [6, 6.07) is 23.1. The predicted octanol–water partition coefficient (Wildman–Crippen LogP) is 3.62. The van der Waals surface area contributed by atoms with Crippen LogP contribution in [0, 0.1) is 5.82 Å². The summed E-state index contributed by atoms with van der Waals surface area (Å²) in [5, 5.41) is 2.94. The molecule has 0 saturated carbocycles. The molecule has 0 aliphatic carbocycles. The summed E-state index contributed by atoms with van der Waals surface area (Å²) in [6.07, 6.45) is 0.724. The first-order valence-electron chi connectivity index (χ1n) is 12.4. The smallest absolute Gasteiger partial charge is 0.256 e. The lowest BCUT2D eigenvalue weighted by Crippen LogP contribution is -2.59. The van der Waals surface area contributed by atoms with Crippen molar-refractivity contribution >= 4 is 17.7 Å². The summed E-state index contributed by atoms with van der Waals surface area (Å²) >= 11 is 0. The Kier molecular flexibility index (Phi) is 7.01. The number of rotatable bonds is 5. The number of amides is 3. The number of nitrogens with zero attached hydrogens (tertiary/aromatic N) is 2. The summed E-state index contributed by atoms with van der Waals surface area (Å²) in [7, 11) is 0. The minimum atomic E-state index is -0.999. The van der Waals surface area contributed by atoms with Gasteiger partial charge in [-0.2, -0.15) is 0 Å². The lowest BCUT2D eigenvalue weighted by Gasteiger charge is -2.44. The third-order valence-electron chi connectivity index (χ3n) is 7.04. The highest BCUT2D eigenvalue weighted by atomic mass is 19.1. The molecule has 5 rings (SSSR count). The number of hydrogen-bond acceptors (Lipinski definition) is 4. The highest BCUT2D eigenvalue weighted by molar-refractivity contribution is 5.98. The topological polar surface area (TPSA) is 79.0 Å². The minimum Gasteiger partial charge on any atom is -0.353 e. The van der Waals surface area contributed by atoms with Crippen molar-refractivity contribution in [2.24, 2.45) is 0 Å². The van der Waals surface area contributed by atoms with Crippen molar-refractivity contribution in [2.75, 3.05) is 19.7 Å². The van der Waals surface area contributed by atoms with Crippen molar-refractivity contribution < 1.29 is 23.5 Å². The zero-order valence-corrected chi connectivity index (χ0v) is 20.3. The Morgan fingerprint density at radius 2 is 1.43 bits per heavy atom. The minimum absolute atomic E-state index is 0.0745. The molecule has 8 heteroatoms. The first-order valence-corrected chi connectivity index (χ1v) is 12.4. The molecule has 2 heterocycles. The largest absolute Gasteiger partial charge is 0.353 e. The van der Waals surface area contributed by atoms with Gasteiger partial charge >= 0.3 is 0 Å². The van der Waals surface area contributed by atoms with Crippen LogP contribution in [-0.4, -0.2) is 59.0 Å². The fourth-order valence-electron chi connectivity index (χ4n) is 5.02. The molecule has 37 heavy (non-hydrogen) atoms. The van der Waals surface area contributed by atoms with Crippen molar-refractivity contribution in [1.29, 1.82) is 0 Å². The Morgan fingerprint density at radius 3 is 2.08 bits per heavy atom. The van der Waals surface area contributed by atoms with E-state index in [2.05, 4.69) is 5.32 Å². The average molecular weight is 502 g/mol. The third kappa shape index (κ3) is 5.11. The van der Waals surface area contributed by atoms with Crippen molar-refractivity contribution in [3.63, 3.8) is 0 Å². The Hall–Kier alpha value is -4.04. The highest BCUT2D eigenvalue weighted by Gasteiger charge is 2.54. The maximum absolute atomic E-state index is 13.7. The lowest BCUT2D eigenvalue weighted by molar-refractivity contribution is -0.128. The van der Waals surface area contributed by atoms with Crippen LogP contribution in [0.3, 0.4) is 0 Å². The lowest BCUT2D eigenvalue weighted by atomic mass is 9.96. The number of likely N-dealkylation sites (tertiary alicyclic amines) is 1. The SMILES string of the molecule is O=C(NCc1ccccc1)[C@H]1COC2(CCN(C(=O)c3ccc(F)cc3)CC2)N1C(=O)c1ccccc1. The zero-order valence-electron chi connectivity index (χ0n) is 20.3. The molecule has 3 aromatic carbocycles. The Bertz CT molecular complexity index is 1260. The molecular formula is C29H28FN3O4. The molecule has 1 spiro atoms. The molecule has 0 aromatic heterocycles. The molecule has 0 radical (unpaired) electrons. The van der Waals surface area contributed by atoms with Gasteiger partial charge in [0.2, 0.25) is 5.91 Å². The van der Waals surface area contributed by atoms with Crippen LogP contribution in [0.5, 0.6) is 0 Å². The van der Waals surface area contributed by atoms with Gasteiger partial charge in [0.25, 0.3) is 11.8 Å². The quantitative estimate of drug-likeness (QED) is 0.579. The number of nitrogens with one attached hydrogen (secondary N) is 1. The fourth-order valence-corrected chi connectivity index (χ4v) is 5.02. The van der Waals surface area contributed by atoms with Crippen molar-refractivity contribution in [3.05, 3.63) is 107 Å².